The summed E-state index contributed by atoms with van der Waals surface area (Å²) in [6, 6.07) is 8.99. The number of para-hydroxylation sites is 1. The lowest BCUT2D eigenvalue weighted by Crippen LogP contribution is -2.41. The third-order valence-corrected chi connectivity index (χ3v) is 4.17. The minimum absolute atomic E-state index is 0.0472. The Hall–Kier alpha value is -1.79. The van der Waals surface area contributed by atoms with Crippen molar-refractivity contribution in [3.05, 3.63) is 41.6 Å². The van der Waals surface area contributed by atoms with Gasteiger partial charge < -0.3 is 9.64 Å². The summed E-state index contributed by atoms with van der Waals surface area (Å²) >= 11 is 3.18. The van der Waals surface area contributed by atoms with Gasteiger partial charge in [-0.3, -0.25) is 9.59 Å². The molecule has 1 aromatic heterocycles. The number of benzene rings is 1. The Morgan fingerprint density at radius 2 is 1.95 bits per heavy atom. The lowest BCUT2D eigenvalue weighted by atomic mass is 10.1. The topological polar surface area (TPSA) is 59.5 Å². The van der Waals surface area contributed by atoms with Crippen LogP contribution in [0.4, 0.5) is 0 Å². The Labute approximate surface area is 136 Å². The molecule has 1 aliphatic heterocycles. The largest absolute Gasteiger partial charge is 0.378 e. The van der Waals surface area contributed by atoms with Gasteiger partial charge in [0.1, 0.15) is 5.69 Å². The third kappa shape index (κ3) is 2.89. The summed E-state index contributed by atoms with van der Waals surface area (Å²) in [6.45, 7) is 2.24. The van der Waals surface area contributed by atoms with Crippen LogP contribution in [0.15, 0.2) is 30.3 Å². The molecule has 0 N–H and O–H groups in total. The number of hydrogen-bond acceptors (Lipinski definition) is 4. The second kappa shape index (κ2) is 6.54. The molecule has 0 saturated carbocycles. The zero-order valence-electron chi connectivity index (χ0n) is 11.9. The molecule has 1 saturated heterocycles. The molecule has 2 aromatic rings. The van der Waals surface area contributed by atoms with E-state index in [1.54, 1.807) is 17.0 Å². The molecule has 6 heteroatoms. The molecule has 1 aliphatic rings. The highest BCUT2D eigenvalue weighted by Gasteiger charge is 2.20. The van der Waals surface area contributed by atoms with Crippen LogP contribution in [0.2, 0.25) is 0 Å². The van der Waals surface area contributed by atoms with E-state index in [0.29, 0.717) is 43.1 Å². The molecule has 1 aromatic carbocycles. The predicted molar refractivity (Wildman–Crippen MR) is 86.6 cm³/mol. The van der Waals surface area contributed by atoms with E-state index in [1.807, 2.05) is 18.2 Å². The van der Waals surface area contributed by atoms with Crippen LogP contribution in [0.3, 0.4) is 0 Å². The number of fused-ring (bicyclic) bond motifs is 1. The minimum Gasteiger partial charge on any atom is -0.378 e. The maximum absolute atomic E-state index is 12.5. The predicted octanol–water partition coefficient (Wildman–Crippen LogP) is 2.28. The molecule has 1 fully saturated rings. The summed E-state index contributed by atoms with van der Waals surface area (Å²) in [7, 11) is 0. The number of morpholine rings is 1. The zero-order chi connectivity index (χ0) is 15.5. The second-order valence-electron chi connectivity index (χ2n) is 5.04. The minimum atomic E-state index is -0.119. The summed E-state index contributed by atoms with van der Waals surface area (Å²) in [5.41, 5.74) is 1.47. The number of alkyl halides is 1. The van der Waals surface area contributed by atoms with E-state index >= 15 is 0 Å². The Bertz CT molecular complexity index is 726. The van der Waals surface area contributed by atoms with Crippen molar-refractivity contribution in [3.63, 3.8) is 0 Å². The van der Waals surface area contributed by atoms with E-state index in [2.05, 4.69) is 20.9 Å². The van der Waals surface area contributed by atoms with Crippen LogP contribution in [0.5, 0.6) is 0 Å². The fourth-order valence-corrected chi connectivity index (χ4v) is 2.79. The van der Waals surface area contributed by atoms with Crippen molar-refractivity contribution < 1.29 is 14.3 Å². The molecule has 3 rings (SSSR count). The molecule has 0 aliphatic carbocycles. The number of nitrogens with zero attached hydrogens (tertiary/aromatic N) is 2. The van der Waals surface area contributed by atoms with Gasteiger partial charge in [-0.15, -0.1) is 0 Å². The van der Waals surface area contributed by atoms with Crippen LogP contribution >= 0.6 is 15.9 Å². The van der Waals surface area contributed by atoms with Gasteiger partial charge in [0, 0.05) is 24.0 Å². The lowest BCUT2D eigenvalue weighted by molar-refractivity contribution is 0.0299. The average molecular weight is 363 g/mol. The first-order valence-corrected chi connectivity index (χ1v) is 8.19. The van der Waals surface area contributed by atoms with E-state index in [4.69, 9.17) is 4.74 Å². The Morgan fingerprint density at radius 3 is 2.68 bits per heavy atom. The molecule has 5 nitrogen and oxygen atoms in total. The van der Waals surface area contributed by atoms with Gasteiger partial charge >= 0.3 is 0 Å². The highest BCUT2D eigenvalue weighted by atomic mass is 79.9. The number of ketones is 1. The van der Waals surface area contributed by atoms with Crippen molar-refractivity contribution in [1.82, 2.24) is 9.88 Å². The Morgan fingerprint density at radius 1 is 1.18 bits per heavy atom. The van der Waals surface area contributed by atoms with Crippen LogP contribution in [0.1, 0.15) is 20.8 Å². The number of Topliss-reactive ketones (excluding diaryl/α,β-unsaturated/α-hetero) is 1. The number of amides is 1. The molecule has 0 spiro atoms. The first kappa shape index (κ1) is 15.1. The van der Waals surface area contributed by atoms with Crippen LogP contribution in [-0.2, 0) is 4.74 Å². The number of aromatic nitrogens is 1. The molecule has 1 amide bonds. The summed E-state index contributed by atoms with van der Waals surface area (Å²) in [6.07, 6.45) is 0. The van der Waals surface area contributed by atoms with Gasteiger partial charge in [-0.05, 0) is 12.1 Å². The van der Waals surface area contributed by atoms with Gasteiger partial charge in [-0.1, -0.05) is 34.1 Å². The highest BCUT2D eigenvalue weighted by Crippen LogP contribution is 2.19. The van der Waals surface area contributed by atoms with E-state index in [1.165, 1.54) is 0 Å². The fourth-order valence-electron chi connectivity index (χ4n) is 2.49. The van der Waals surface area contributed by atoms with E-state index in [0.717, 1.165) is 5.39 Å². The van der Waals surface area contributed by atoms with E-state index < -0.39 is 0 Å². The molecule has 0 atom stereocenters. The third-order valence-electron chi connectivity index (χ3n) is 3.66. The summed E-state index contributed by atoms with van der Waals surface area (Å²) in [5.74, 6) is -0.166. The van der Waals surface area contributed by atoms with Crippen molar-refractivity contribution in [2.75, 3.05) is 31.6 Å². The molecule has 2 heterocycles. The van der Waals surface area contributed by atoms with Gasteiger partial charge in [0.25, 0.3) is 5.91 Å². The number of halogens is 1. The maximum atomic E-state index is 12.5. The van der Waals surface area contributed by atoms with Gasteiger partial charge in [-0.25, -0.2) is 4.98 Å². The number of carbonyl (C=O) groups is 2. The van der Waals surface area contributed by atoms with Crippen LogP contribution < -0.4 is 0 Å². The molecule has 0 radical (unpaired) electrons. The molecular weight excluding hydrogens is 348 g/mol. The lowest BCUT2D eigenvalue weighted by Gasteiger charge is -2.26. The van der Waals surface area contributed by atoms with Gasteiger partial charge in [-0.2, -0.15) is 0 Å². The van der Waals surface area contributed by atoms with Gasteiger partial charge in [0.05, 0.1) is 24.1 Å². The quantitative estimate of drug-likeness (QED) is 0.620. The number of pyridine rings is 1. The molecule has 114 valence electrons. The first-order chi connectivity index (χ1) is 10.7. The van der Waals surface area contributed by atoms with Gasteiger partial charge in [0.2, 0.25) is 0 Å². The smallest absolute Gasteiger partial charge is 0.272 e. The first-order valence-electron chi connectivity index (χ1n) is 7.06. The number of ether oxygens (including phenoxy) is 1. The van der Waals surface area contributed by atoms with Crippen LogP contribution in [0.25, 0.3) is 10.9 Å². The highest BCUT2D eigenvalue weighted by molar-refractivity contribution is 9.09. The number of carbonyl (C=O) groups excluding carboxylic acids is 2. The molecule has 0 bridgehead atoms. The van der Waals surface area contributed by atoms with Crippen LogP contribution in [0, 0.1) is 0 Å². The zero-order valence-corrected chi connectivity index (χ0v) is 13.5. The average Bonchev–Trinajstić information content (AvgIpc) is 2.60. The van der Waals surface area contributed by atoms with Crippen LogP contribution in [-0.4, -0.2) is 53.2 Å². The normalized spacial score (nSPS) is 15.0. The summed E-state index contributed by atoms with van der Waals surface area (Å²) in [5, 5.41) is 1.08. The van der Waals surface area contributed by atoms with E-state index in [9.17, 15) is 9.59 Å². The Balaban J connectivity index is 2.01. The monoisotopic (exact) mass is 362 g/mol. The summed E-state index contributed by atoms with van der Waals surface area (Å²) in [4.78, 5) is 30.7. The van der Waals surface area contributed by atoms with Crippen molar-refractivity contribution in [1.29, 1.82) is 0 Å². The van der Waals surface area contributed by atoms with Crippen molar-refractivity contribution in [2.45, 2.75) is 0 Å². The fraction of sp³-hybridized carbons (Fsp3) is 0.312. The maximum Gasteiger partial charge on any atom is 0.272 e. The van der Waals surface area contributed by atoms with Crippen molar-refractivity contribution in [2.24, 2.45) is 0 Å². The second-order valence-corrected chi connectivity index (χ2v) is 5.60. The molecule has 22 heavy (non-hydrogen) atoms. The summed E-state index contributed by atoms with van der Waals surface area (Å²) < 4.78 is 5.26. The SMILES string of the molecule is O=C(CBr)c1cccc2ccc(C(=O)N3CCOCC3)nc12. The van der Waals surface area contributed by atoms with Crippen molar-refractivity contribution >= 4 is 38.5 Å². The van der Waals surface area contributed by atoms with Gasteiger partial charge in [0.15, 0.2) is 5.78 Å². The standard InChI is InChI=1S/C16H15BrN2O3/c17-10-14(20)12-3-1-2-11-4-5-13(18-15(11)12)16(21)19-6-8-22-9-7-19/h1-5H,6-10H2. The van der Waals surface area contributed by atoms with Crippen molar-refractivity contribution in [3.8, 4) is 0 Å². The Kier molecular flexibility index (Phi) is 4.49. The number of rotatable bonds is 3. The molecule has 0 unspecified atom stereocenters. The number of hydrogen-bond donors (Lipinski definition) is 0. The van der Waals surface area contributed by atoms with E-state index in [-0.39, 0.29) is 17.0 Å². The molecular formula is C16H15BrN2O3.